The number of carbonyl (C=O) groups is 2. The average Bonchev–Trinajstić information content (AvgIpc) is 2.48. The van der Waals surface area contributed by atoms with Gasteiger partial charge in [-0.3, -0.25) is 9.59 Å². The maximum Gasteiger partial charge on any atom is 0.312 e. The summed E-state index contributed by atoms with van der Waals surface area (Å²) >= 11 is 0. The molecule has 0 aromatic heterocycles. The molecule has 0 aromatic rings. The highest BCUT2D eigenvalue weighted by molar-refractivity contribution is 5.84. The molecule has 3 N–H and O–H groups in total. The van der Waals surface area contributed by atoms with E-state index in [9.17, 15) is 14.7 Å². The first-order valence-corrected chi connectivity index (χ1v) is 9.13. The van der Waals surface area contributed by atoms with Gasteiger partial charge in [0.15, 0.2) is 0 Å². The zero-order valence-electron chi connectivity index (χ0n) is 16.9. The molecule has 0 aromatic carbocycles. The molecule has 1 amide bonds. The third-order valence-electron chi connectivity index (χ3n) is 4.79. The molecule has 0 bridgehead atoms. The number of hydrogen-bond donors (Lipinski definition) is 3. The molecule has 3 unspecified atom stereocenters. The fourth-order valence-corrected chi connectivity index (χ4v) is 3.23. The fourth-order valence-electron chi connectivity index (χ4n) is 3.23. The minimum atomic E-state index is -0.846. The van der Waals surface area contributed by atoms with Crippen LogP contribution in [0.1, 0.15) is 61.3 Å². The third-order valence-corrected chi connectivity index (χ3v) is 4.79. The second kappa shape index (κ2) is 10.1. The molecule has 0 aliphatic heterocycles. The highest BCUT2D eigenvalue weighted by atomic mass is 16.5. The molecule has 0 radical (unpaired) electrons. The molecule has 6 heteroatoms. The van der Waals surface area contributed by atoms with Crippen LogP contribution in [0.4, 0.5) is 0 Å². The van der Waals surface area contributed by atoms with Gasteiger partial charge in [-0.05, 0) is 38.5 Å². The molecule has 0 saturated heterocycles. The minimum Gasteiger partial charge on any atom is -0.463 e. The number of aliphatic hydroxyl groups excluding tert-OH is 2. The summed E-state index contributed by atoms with van der Waals surface area (Å²) in [6.07, 6.45) is 0.332. The number of ether oxygens (including phenoxy) is 1. The van der Waals surface area contributed by atoms with Gasteiger partial charge in [0, 0.05) is 12.0 Å². The molecule has 25 heavy (non-hydrogen) atoms. The van der Waals surface area contributed by atoms with E-state index in [-0.39, 0.29) is 37.5 Å². The van der Waals surface area contributed by atoms with Crippen LogP contribution in [0.3, 0.4) is 0 Å². The Balaban J connectivity index is 5.54. The van der Waals surface area contributed by atoms with E-state index in [0.29, 0.717) is 12.8 Å². The predicted octanol–water partition coefficient (Wildman–Crippen LogP) is 2.12. The summed E-state index contributed by atoms with van der Waals surface area (Å²) in [4.78, 5) is 25.4. The normalized spacial score (nSPS) is 17.7. The largest absolute Gasteiger partial charge is 0.463 e. The zero-order valence-corrected chi connectivity index (χ0v) is 16.9. The van der Waals surface area contributed by atoms with Crippen molar-refractivity contribution in [3.05, 3.63) is 0 Å². The van der Waals surface area contributed by atoms with Gasteiger partial charge in [-0.15, -0.1) is 0 Å². The van der Waals surface area contributed by atoms with Gasteiger partial charge in [0.05, 0.1) is 18.1 Å². The molecule has 148 valence electrons. The summed E-state index contributed by atoms with van der Waals surface area (Å²) in [5, 5.41) is 21.1. The lowest BCUT2D eigenvalue weighted by Crippen LogP contribution is -2.48. The van der Waals surface area contributed by atoms with Crippen LogP contribution >= 0.6 is 0 Å². The number of nitrogens with one attached hydrogen (secondary N) is 1. The molecule has 0 aliphatic carbocycles. The van der Waals surface area contributed by atoms with Gasteiger partial charge >= 0.3 is 5.97 Å². The van der Waals surface area contributed by atoms with Gasteiger partial charge < -0.3 is 20.3 Å². The van der Waals surface area contributed by atoms with Gasteiger partial charge in [-0.1, -0.05) is 34.6 Å². The first-order chi connectivity index (χ1) is 11.4. The lowest BCUT2D eigenvalue weighted by Gasteiger charge is -2.40. The van der Waals surface area contributed by atoms with Gasteiger partial charge in [0.25, 0.3) is 0 Å². The molecule has 0 heterocycles. The Kier molecular flexibility index (Phi) is 9.66. The van der Waals surface area contributed by atoms with E-state index >= 15 is 0 Å². The van der Waals surface area contributed by atoms with Crippen molar-refractivity contribution in [2.75, 3.05) is 19.8 Å². The van der Waals surface area contributed by atoms with Crippen molar-refractivity contribution < 1.29 is 24.5 Å². The molecule has 0 saturated carbocycles. The quantitative estimate of drug-likeness (QED) is 0.491. The van der Waals surface area contributed by atoms with Crippen LogP contribution in [0.2, 0.25) is 0 Å². The van der Waals surface area contributed by atoms with Crippen LogP contribution in [0.5, 0.6) is 0 Å². The second-order valence-electron chi connectivity index (χ2n) is 8.33. The van der Waals surface area contributed by atoms with Gasteiger partial charge in [-0.25, -0.2) is 0 Å². The second-order valence-corrected chi connectivity index (χ2v) is 8.33. The predicted molar refractivity (Wildman–Crippen MR) is 97.9 cm³/mol. The number of carbonyl (C=O) groups excluding carboxylic acids is 2. The van der Waals surface area contributed by atoms with Crippen LogP contribution in [0, 0.1) is 22.7 Å². The lowest BCUT2D eigenvalue weighted by molar-refractivity contribution is -0.162. The zero-order chi connectivity index (χ0) is 19.8. The molecule has 6 nitrogen and oxygen atoms in total. The number of esters is 1. The van der Waals surface area contributed by atoms with Crippen molar-refractivity contribution in [3.63, 3.8) is 0 Å². The third kappa shape index (κ3) is 7.32. The average molecular weight is 360 g/mol. The minimum absolute atomic E-state index is 0.0326. The van der Waals surface area contributed by atoms with Crippen molar-refractivity contribution in [2.24, 2.45) is 22.7 Å². The highest BCUT2D eigenvalue weighted by Crippen LogP contribution is 2.44. The van der Waals surface area contributed by atoms with E-state index in [4.69, 9.17) is 9.84 Å². The van der Waals surface area contributed by atoms with Gasteiger partial charge in [-0.2, -0.15) is 0 Å². The van der Waals surface area contributed by atoms with Crippen molar-refractivity contribution in [1.29, 1.82) is 0 Å². The van der Waals surface area contributed by atoms with Crippen molar-refractivity contribution in [1.82, 2.24) is 5.32 Å². The van der Waals surface area contributed by atoms with E-state index in [0.717, 1.165) is 0 Å². The van der Waals surface area contributed by atoms with Crippen LogP contribution in [0.25, 0.3) is 0 Å². The highest BCUT2D eigenvalue weighted by Gasteiger charge is 2.47. The smallest absolute Gasteiger partial charge is 0.312 e. The van der Waals surface area contributed by atoms with E-state index in [1.54, 1.807) is 6.92 Å². The molecular formula is C19H37NO5. The van der Waals surface area contributed by atoms with Crippen molar-refractivity contribution in [2.45, 2.75) is 67.4 Å². The summed E-state index contributed by atoms with van der Waals surface area (Å²) < 4.78 is 5.19. The van der Waals surface area contributed by atoms with Gasteiger partial charge in [0.2, 0.25) is 5.91 Å². The number of aliphatic hydroxyl groups is 2. The van der Waals surface area contributed by atoms with Crippen LogP contribution in [-0.2, 0) is 14.3 Å². The van der Waals surface area contributed by atoms with Crippen LogP contribution in [0.15, 0.2) is 0 Å². The molecule has 0 fully saturated rings. The summed E-state index contributed by atoms with van der Waals surface area (Å²) in [5.41, 5.74) is -1.61. The number of amides is 1. The maximum atomic E-state index is 12.8. The maximum absolute atomic E-state index is 12.8. The first kappa shape index (κ1) is 23.9. The summed E-state index contributed by atoms with van der Waals surface area (Å²) in [7, 11) is 0. The number of rotatable bonds is 11. The van der Waals surface area contributed by atoms with Crippen LogP contribution in [-0.4, -0.2) is 48.0 Å². The molecular weight excluding hydrogens is 322 g/mol. The lowest BCUT2D eigenvalue weighted by atomic mass is 9.64. The summed E-state index contributed by atoms with van der Waals surface area (Å²) in [6, 6.07) is 0. The standard InChI is InChI=1S/C19H37NO5/c1-13(2)10-18(6,16(23)20-11-15(5)22)12-19(7,14(3)4)17(24)25-9-8-21/h13-15,21-22H,8-12H2,1-7H3,(H,20,23). The monoisotopic (exact) mass is 359 g/mol. The molecule has 0 aliphatic rings. The fraction of sp³-hybridized carbons (Fsp3) is 0.895. The Morgan fingerprint density at radius 2 is 1.68 bits per heavy atom. The first-order valence-electron chi connectivity index (χ1n) is 9.13. The SMILES string of the molecule is CC(C)CC(C)(CC(C)(C(=O)OCCO)C(C)C)C(=O)NCC(C)O. The molecule has 0 spiro atoms. The molecule has 0 rings (SSSR count). The Labute approximate surface area is 152 Å². The van der Waals surface area contributed by atoms with E-state index in [1.165, 1.54) is 0 Å². The van der Waals surface area contributed by atoms with Crippen molar-refractivity contribution in [3.8, 4) is 0 Å². The van der Waals surface area contributed by atoms with Gasteiger partial charge in [0.1, 0.15) is 6.61 Å². The van der Waals surface area contributed by atoms with E-state index in [2.05, 4.69) is 5.32 Å². The Morgan fingerprint density at radius 3 is 2.08 bits per heavy atom. The van der Waals surface area contributed by atoms with E-state index < -0.39 is 22.9 Å². The summed E-state index contributed by atoms with van der Waals surface area (Å²) in [5.74, 6) is -0.319. The number of hydrogen-bond acceptors (Lipinski definition) is 5. The Morgan fingerprint density at radius 1 is 1.12 bits per heavy atom. The Bertz CT molecular complexity index is 436. The Hall–Kier alpha value is -1.14. The van der Waals surface area contributed by atoms with Crippen molar-refractivity contribution >= 4 is 11.9 Å². The molecule has 3 atom stereocenters. The van der Waals surface area contributed by atoms with E-state index in [1.807, 2.05) is 41.5 Å². The topological polar surface area (TPSA) is 95.9 Å². The summed E-state index contributed by atoms with van der Waals surface area (Å²) in [6.45, 7) is 13.2. The van der Waals surface area contributed by atoms with Crippen LogP contribution < -0.4 is 5.32 Å².